The van der Waals surface area contributed by atoms with E-state index in [2.05, 4.69) is 33.3 Å². The molecule has 0 aromatic carbocycles. The third-order valence-corrected chi connectivity index (χ3v) is 3.94. The Hall–Kier alpha value is -2.21. The summed E-state index contributed by atoms with van der Waals surface area (Å²) in [6, 6.07) is 6.06. The summed E-state index contributed by atoms with van der Waals surface area (Å²) in [6.45, 7) is 2.76. The lowest BCUT2D eigenvalue weighted by atomic mass is 10.1. The van der Waals surface area contributed by atoms with E-state index in [0.717, 1.165) is 28.1 Å². The standard InChI is InChI=1S/C14H15N5S/c1-2-9-4-3-6-16-11(9)8-17-12-10-5-7-20-13(10)19-14(15)18-12/h3-7H,2,8H2,1H3,(H3,15,17,18,19). The van der Waals surface area contributed by atoms with Crippen molar-refractivity contribution in [1.82, 2.24) is 15.0 Å². The molecular weight excluding hydrogens is 270 g/mol. The molecule has 5 nitrogen and oxygen atoms in total. The second-order valence-corrected chi connectivity index (χ2v) is 5.28. The monoisotopic (exact) mass is 285 g/mol. The van der Waals surface area contributed by atoms with E-state index in [1.165, 1.54) is 5.56 Å². The predicted molar refractivity (Wildman–Crippen MR) is 82.8 cm³/mol. The number of nitrogens with one attached hydrogen (secondary N) is 1. The van der Waals surface area contributed by atoms with E-state index in [-0.39, 0.29) is 0 Å². The van der Waals surface area contributed by atoms with Gasteiger partial charge in [0.1, 0.15) is 10.6 Å². The van der Waals surface area contributed by atoms with Crippen LogP contribution in [0.4, 0.5) is 11.8 Å². The number of thiophene rings is 1. The molecule has 0 bridgehead atoms. The van der Waals surface area contributed by atoms with E-state index in [1.807, 2.05) is 23.7 Å². The maximum atomic E-state index is 5.74. The van der Waals surface area contributed by atoms with Crippen LogP contribution in [0.15, 0.2) is 29.8 Å². The van der Waals surface area contributed by atoms with Gasteiger partial charge in [-0.25, -0.2) is 4.98 Å². The van der Waals surface area contributed by atoms with Gasteiger partial charge < -0.3 is 11.1 Å². The van der Waals surface area contributed by atoms with Crippen molar-refractivity contribution in [3.05, 3.63) is 41.0 Å². The highest BCUT2D eigenvalue weighted by molar-refractivity contribution is 7.16. The van der Waals surface area contributed by atoms with E-state index >= 15 is 0 Å². The maximum absolute atomic E-state index is 5.74. The Morgan fingerprint density at radius 3 is 3.05 bits per heavy atom. The fourth-order valence-corrected chi connectivity index (χ4v) is 2.90. The quantitative estimate of drug-likeness (QED) is 0.771. The van der Waals surface area contributed by atoms with Crippen LogP contribution in [-0.4, -0.2) is 15.0 Å². The zero-order chi connectivity index (χ0) is 13.9. The molecule has 3 aromatic heterocycles. The summed E-state index contributed by atoms with van der Waals surface area (Å²) >= 11 is 1.56. The number of hydrogen-bond acceptors (Lipinski definition) is 6. The third kappa shape index (κ3) is 2.42. The number of nitrogens with zero attached hydrogens (tertiary/aromatic N) is 3. The largest absolute Gasteiger partial charge is 0.368 e. The van der Waals surface area contributed by atoms with Crippen molar-refractivity contribution in [1.29, 1.82) is 0 Å². The highest BCUT2D eigenvalue weighted by Crippen LogP contribution is 2.26. The van der Waals surface area contributed by atoms with Gasteiger partial charge in [-0.1, -0.05) is 13.0 Å². The summed E-state index contributed by atoms with van der Waals surface area (Å²) in [4.78, 5) is 13.8. The van der Waals surface area contributed by atoms with Crippen LogP contribution in [-0.2, 0) is 13.0 Å². The van der Waals surface area contributed by atoms with Gasteiger partial charge in [0.15, 0.2) is 0 Å². The van der Waals surface area contributed by atoms with Gasteiger partial charge in [0, 0.05) is 6.20 Å². The number of hydrogen-bond donors (Lipinski definition) is 2. The minimum Gasteiger partial charge on any atom is -0.368 e. The predicted octanol–water partition coefficient (Wildman–Crippen LogP) is 2.84. The van der Waals surface area contributed by atoms with Crippen LogP contribution in [0.25, 0.3) is 10.2 Å². The molecule has 0 aliphatic heterocycles. The fraction of sp³-hybridized carbons (Fsp3) is 0.214. The summed E-state index contributed by atoms with van der Waals surface area (Å²) in [5.41, 5.74) is 8.01. The first-order chi connectivity index (χ1) is 9.78. The number of pyridine rings is 1. The van der Waals surface area contributed by atoms with Crippen molar-refractivity contribution in [2.75, 3.05) is 11.1 Å². The van der Waals surface area contributed by atoms with Crippen LogP contribution < -0.4 is 11.1 Å². The Kier molecular flexibility index (Phi) is 3.47. The first-order valence-corrected chi connectivity index (χ1v) is 7.33. The van der Waals surface area contributed by atoms with Gasteiger partial charge in [0.2, 0.25) is 5.95 Å². The molecule has 6 heteroatoms. The van der Waals surface area contributed by atoms with Gasteiger partial charge in [-0.2, -0.15) is 4.98 Å². The van der Waals surface area contributed by atoms with Crippen molar-refractivity contribution in [3.63, 3.8) is 0 Å². The smallest absolute Gasteiger partial charge is 0.223 e. The van der Waals surface area contributed by atoms with Crippen molar-refractivity contribution in [3.8, 4) is 0 Å². The number of fused-ring (bicyclic) bond motifs is 1. The molecule has 3 rings (SSSR count). The molecule has 0 radical (unpaired) electrons. The van der Waals surface area contributed by atoms with Crippen LogP contribution in [0.5, 0.6) is 0 Å². The average molecular weight is 285 g/mol. The van der Waals surface area contributed by atoms with Gasteiger partial charge in [-0.3, -0.25) is 4.98 Å². The molecule has 0 saturated carbocycles. The second-order valence-electron chi connectivity index (χ2n) is 4.39. The van der Waals surface area contributed by atoms with Crippen LogP contribution >= 0.6 is 11.3 Å². The molecule has 20 heavy (non-hydrogen) atoms. The molecular formula is C14H15N5S. The van der Waals surface area contributed by atoms with E-state index in [9.17, 15) is 0 Å². The molecule has 0 amide bonds. The Morgan fingerprint density at radius 1 is 1.30 bits per heavy atom. The molecule has 0 fully saturated rings. The van der Waals surface area contributed by atoms with E-state index in [4.69, 9.17) is 5.73 Å². The molecule has 0 atom stereocenters. The maximum Gasteiger partial charge on any atom is 0.223 e. The lowest BCUT2D eigenvalue weighted by Crippen LogP contribution is -2.07. The van der Waals surface area contributed by atoms with Crippen LogP contribution in [0.2, 0.25) is 0 Å². The lowest BCUT2D eigenvalue weighted by molar-refractivity contribution is 0.966. The molecule has 0 aliphatic rings. The summed E-state index contributed by atoms with van der Waals surface area (Å²) in [5.74, 6) is 1.06. The van der Waals surface area contributed by atoms with E-state index in [1.54, 1.807) is 11.3 Å². The highest BCUT2D eigenvalue weighted by atomic mass is 32.1. The van der Waals surface area contributed by atoms with Crippen molar-refractivity contribution >= 4 is 33.3 Å². The normalized spacial score (nSPS) is 10.8. The Morgan fingerprint density at radius 2 is 2.20 bits per heavy atom. The number of nitrogens with two attached hydrogens (primary N) is 1. The first kappa shape index (κ1) is 12.8. The molecule has 0 unspecified atom stereocenters. The van der Waals surface area contributed by atoms with Crippen LogP contribution in [0, 0.1) is 0 Å². The number of nitrogen functional groups attached to an aromatic ring is 1. The average Bonchev–Trinajstić information content (AvgIpc) is 2.93. The minimum atomic E-state index is 0.291. The topological polar surface area (TPSA) is 76.7 Å². The SMILES string of the molecule is CCc1cccnc1CNc1nc(N)nc2sccc12. The molecule has 0 aliphatic carbocycles. The zero-order valence-electron chi connectivity index (χ0n) is 11.1. The first-order valence-electron chi connectivity index (χ1n) is 6.45. The lowest BCUT2D eigenvalue weighted by Gasteiger charge is -2.09. The number of aryl methyl sites for hydroxylation is 1. The minimum absolute atomic E-state index is 0.291. The second kappa shape index (κ2) is 5.42. The van der Waals surface area contributed by atoms with Gasteiger partial charge in [-0.05, 0) is 29.5 Å². The Labute approximate surface area is 120 Å². The number of anilines is 2. The zero-order valence-corrected chi connectivity index (χ0v) is 11.9. The Balaban J connectivity index is 1.88. The summed E-state index contributed by atoms with van der Waals surface area (Å²) < 4.78 is 0. The summed E-state index contributed by atoms with van der Waals surface area (Å²) in [5, 5.41) is 6.31. The van der Waals surface area contributed by atoms with Crippen LogP contribution in [0.3, 0.4) is 0 Å². The summed E-state index contributed by atoms with van der Waals surface area (Å²) in [7, 11) is 0. The van der Waals surface area contributed by atoms with E-state index in [0.29, 0.717) is 12.5 Å². The molecule has 102 valence electrons. The van der Waals surface area contributed by atoms with Crippen molar-refractivity contribution in [2.45, 2.75) is 19.9 Å². The molecule has 3 heterocycles. The van der Waals surface area contributed by atoms with Gasteiger partial charge >= 0.3 is 0 Å². The van der Waals surface area contributed by atoms with Crippen molar-refractivity contribution in [2.24, 2.45) is 0 Å². The van der Waals surface area contributed by atoms with E-state index < -0.39 is 0 Å². The van der Waals surface area contributed by atoms with Crippen molar-refractivity contribution < 1.29 is 0 Å². The molecule has 3 aromatic rings. The van der Waals surface area contributed by atoms with Gasteiger partial charge in [0.05, 0.1) is 17.6 Å². The Bertz CT molecular complexity index is 737. The molecule has 3 N–H and O–H groups in total. The number of aromatic nitrogens is 3. The number of rotatable bonds is 4. The fourth-order valence-electron chi connectivity index (χ4n) is 2.13. The molecule has 0 saturated heterocycles. The van der Waals surface area contributed by atoms with Crippen LogP contribution in [0.1, 0.15) is 18.2 Å². The third-order valence-electron chi connectivity index (χ3n) is 3.13. The van der Waals surface area contributed by atoms with Gasteiger partial charge in [-0.15, -0.1) is 11.3 Å². The van der Waals surface area contributed by atoms with Gasteiger partial charge in [0.25, 0.3) is 0 Å². The summed E-state index contributed by atoms with van der Waals surface area (Å²) in [6.07, 6.45) is 2.77. The molecule has 0 spiro atoms. The highest BCUT2D eigenvalue weighted by Gasteiger charge is 2.08.